The Morgan fingerprint density at radius 1 is 1.16 bits per heavy atom. The van der Waals surface area contributed by atoms with E-state index in [-0.39, 0.29) is 5.39 Å². The van der Waals surface area contributed by atoms with Gasteiger partial charge >= 0.3 is 6.18 Å². The van der Waals surface area contributed by atoms with Gasteiger partial charge in [0.2, 0.25) is 0 Å². The van der Waals surface area contributed by atoms with E-state index in [1.54, 1.807) is 6.07 Å². The molecule has 1 unspecified atom stereocenters. The van der Waals surface area contributed by atoms with Crippen LogP contribution in [-0.4, -0.2) is 16.2 Å². The third-order valence-electron chi connectivity index (χ3n) is 2.73. The zero-order chi connectivity index (χ0) is 14.2. The van der Waals surface area contributed by atoms with E-state index in [4.69, 9.17) is 0 Å². The van der Waals surface area contributed by atoms with Crippen LogP contribution in [0.25, 0.3) is 10.8 Å². The van der Waals surface area contributed by atoms with Gasteiger partial charge in [-0.05, 0) is 16.8 Å². The summed E-state index contributed by atoms with van der Waals surface area (Å²) < 4.78 is 37.9. The number of nitrogens with zero attached hydrogens (tertiary/aromatic N) is 1. The van der Waals surface area contributed by atoms with Gasteiger partial charge in [0.1, 0.15) is 0 Å². The third-order valence-corrected chi connectivity index (χ3v) is 2.73. The van der Waals surface area contributed by atoms with Crippen molar-refractivity contribution in [3.05, 3.63) is 52.1 Å². The van der Waals surface area contributed by atoms with E-state index in [9.17, 15) is 28.4 Å². The Bertz CT molecular complexity index is 640. The molecule has 2 rings (SSSR count). The Kier molecular flexibility index (Phi) is 3.15. The van der Waals surface area contributed by atoms with Crippen LogP contribution in [-0.2, 0) is 0 Å². The standard InChI is InChI=1S/C12H8F3NO3/c13-12(14,15)11(17)10-8-4-2-1-3-7(8)5-6-9(10)16(18)19/h1-6,11,17H. The Labute approximate surface area is 105 Å². The summed E-state index contributed by atoms with van der Waals surface area (Å²) in [5.41, 5.74) is -1.47. The molecule has 0 aliphatic heterocycles. The van der Waals surface area contributed by atoms with E-state index >= 15 is 0 Å². The fraction of sp³-hybridized carbons (Fsp3) is 0.167. The molecule has 2 aromatic carbocycles. The number of aliphatic hydroxyl groups excluding tert-OH is 1. The summed E-state index contributed by atoms with van der Waals surface area (Å²) in [6, 6.07) is 8.20. The number of aliphatic hydroxyl groups is 1. The van der Waals surface area contributed by atoms with Gasteiger partial charge in [-0.2, -0.15) is 13.2 Å². The van der Waals surface area contributed by atoms with Crippen LogP contribution in [0.2, 0.25) is 0 Å². The van der Waals surface area contributed by atoms with Gasteiger partial charge in [0, 0.05) is 6.07 Å². The number of hydrogen-bond donors (Lipinski definition) is 1. The summed E-state index contributed by atoms with van der Waals surface area (Å²) in [5.74, 6) is 0. The van der Waals surface area contributed by atoms with Crippen molar-refractivity contribution in [1.29, 1.82) is 0 Å². The molecule has 0 heterocycles. The van der Waals surface area contributed by atoms with Crippen LogP contribution in [0.1, 0.15) is 11.7 Å². The van der Waals surface area contributed by atoms with Gasteiger partial charge in [0.15, 0.2) is 6.10 Å². The van der Waals surface area contributed by atoms with Crippen LogP contribution >= 0.6 is 0 Å². The second kappa shape index (κ2) is 4.51. The topological polar surface area (TPSA) is 63.4 Å². The minimum Gasteiger partial charge on any atom is -0.379 e. The molecule has 19 heavy (non-hydrogen) atoms. The first kappa shape index (κ1) is 13.3. The molecule has 0 spiro atoms. The molecule has 100 valence electrons. The molecule has 1 N–H and O–H groups in total. The van der Waals surface area contributed by atoms with Crippen molar-refractivity contribution in [2.45, 2.75) is 12.3 Å². The van der Waals surface area contributed by atoms with E-state index in [0.29, 0.717) is 5.39 Å². The van der Waals surface area contributed by atoms with Crippen LogP contribution in [0, 0.1) is 10.1 Å². The lowest BCUT2D eigenvalue weighted by Crippen LogP contribution is -2.21. The molecule has 2 aromatic rings. The fourth-order valence-corrected chi connectivity index (χ4v) is 1.89. The van der Waals surface area contributed by atoms with E-state index in [0.717, 1.165) is 6.07 Å². The fourth-order valence-electron chi connectivity index (χ4n) is 1.89. The van der Waals surface area contributed by atoms with Crippen LogP contribution in [0.3, 0.4) is 0 Å². The van der Waals surface area contributed by atoms with Crippen molar-refractivity contribution in [2.75, 3.05) is 0 Å². The third kappa shape index (κ3) is 2.37. The minimum atomic E-state index is -4.96. The maximum atomic E-state index is 12.6. The van der Waals surface area contributed by atoms with E-state index in [1.807, 2.05) is 0 Å². The smallest absolute Gasteiger partial charge is 0.379 e. The predicted molar refractivity (Wildman–Crippen MR) is 61.6 cm³/mol. The van der Waals surface area contributed by atoms with Crippen LogP contribution in [0.4, 0.5) is 18.9 Å². The summed E-state index contributed by atoms with van der Waals surface area (Å²) >= 11 is 0. The first-order valence-electron chi connectivity index (χ1n) is 5.23. The molecule has 1 atom stereocenters. The molecule has 0 fully saturated rings. The zero-order valence-electron chi connectivity index (χ0n) is 9.39. The number of rotatable bonds is 2. The number of fused-ring (bicyclic) bond motifs is 1. The van der Waals surface area contributed by atoms with Crippen molar-refractivity contribution in [2.24, 2.45) is 0 Å². The number of benzene rings is 2. The molecular weight excluding hydrogens is 263 g/mol. The van der Waals surface area contributed by atoms with Crippen LogP contribution < -0.4 is 0 Å². The number of nitro groups is 1. The highest BCUT2D eigenvalue weighted by Gasteiger charge is 2.43. The largest absolute Gasteiger partial charge is 0.418 e. The van der Waals surface area contributed by atoms with E-state index in [2.05, 4.69) is 0 Å². The minimum absolute atomic E-state index is 0.0153. The summed E-state index contributed by atoms with van der Waals surface area (Å²) in [6.45, 7) is 0. The lowest BCUT2D eigenvalue weighted by atomic mass is 9.98. The van der Waals surface area contributed by atoms with Gasteiger partial charge in [0.25, 0.3) is 5.69 Å². The average Bonchev–Trinajstić information content (AvgIpc) is 2.35. The number of hydrogen-bond acceptors (Lipinski definition) is 3. The Hall–Kier alpha value is -2.15. The van der Waals surface area contributed by atoms with Gasteiger partial charge in [-0.15, -0.1) is 0 Å². The number of nitro benzene ring substituents is 1. The Morgan fingerprint density at radius 3 is 2.37 bits per heavy atom. The summed E-state index contributed by atoms with van der Waals surface area (Å²) in [4.78, 5) is 9.89. The van der Waals surface area contributed by atoms with Gasteiger partial charge in [-0.3, -0.25) is 10.1 Å². The van der Waals surface area contributed by atoms with E-state index in [1.165, 1.54) is 24.3 Å². The quantitative estimate of drug-likeness (QED) is 0.673. The lowest BCUT2D eigenvalue weighted by molar-refractivity contribution is -0.386. The second-order valence-electron chi connectivity index (χ2n) is 3.92. The second-order valence-corrected chi connectivity index (χ2v) is 3.92. The van der Waals surface area contributed by atoms with Crippen molar-refractivity contribution in [1.82, 2.24) is 0 Å². The predicted octanol–water partition coefficient (Wildman–Crippen LogP) is 3.34. The normalized spacial score (nSPS) is 13.5. The highest BCUT2D eigenvalue weighted by atomic mass is 19.4. The molecule has 7 heteroatoms. The maximum Gasteiger partial charge on any atom is 0.418 e. The van der Waals surface area contributed by atoms with Gasteiger partial charge in [-0.1, -0.05) is 24.3 Å². The van der Waals surface area contributed by atoms with Gasteiger partial charge in [-0.25, -0.2) is 0 Å². The molecular formula is C12H8F3NO3. The maximum absolute atomic E-state index is 12.6. The molecule has 0 aliphatic carbocycles. The van der Waals surface area contributed by atoms with Gasteiger partial charge < -0.3 is 5.11 Å². The first-order chi connectivity index (χ1) is 8.82. The highest BCUT2D eigenvalue weighted by Crippen LogP contribution is 2.40. The molecule has 0 aliphatic rings. The molecule has 0 amide bonds. The zero-order valence-corrected chi connectivity index (χ0v) is 9.39. The van der Waals surface area contributed by atoms with Crippen molar-refractivity contribution in [3.63, 3.8) is 0 Å². The van der Waals surface area contributed by atoms with Crippen molar-refractivity contribution < 1.29 is 23.2 Å². The van der Waals surface area contributed by atoms with Crippen molar-refractivity contribution >= 4 is 16.5 Å². The van der Waals surface area contributed by atoms with Crippen LogP contribution in [0.5, 0.6) is 0 Å². The monoisotopic (exact) mass is 271 g/mol. The number of alkyl halides is 3. The molecule has 0 aromatic heterocycles. The average molecular weight is 271 g/mol. The van der Waals surface area contributed by atoms with Gasteiger partial charge in [0.05, 0.1) is 10.5 Å². The summed E-state index contributed by atoms with van der Waals surface area (Å²) in [6.07, 6.45) is -7.85. The SMILES string of the molecule is O=[N+]([O-])c1ccc2ccccc2c1C(O)C(F)(F)F. The Balaban J connectivity index is 2.80. The molecule has 0 saturated carbocycles. The summed E-state index contributed by atoms with van der Waals surface area (Å²) in [5, 5.41) is 20.6. The summed E-state index contributed by atoms with van der Waals surface area (Å²) in [7, 11) is 0. The molecule has 0 saturated heterocycles. The Morgan fingerprint density at radius 2 is 1.79 bits per heavy atom. The molecule has 0 bridgehead atoms. The van der Waals surface area contributed by atoms with E-state index < -0.39 is 28.5 Å². The first-order valence-corrected chi connectivity index (χ1v) is 5.23. The van der Waals surface area contributed by atoms with Crippen molar-refractivity contribution in [3.8, 4) is 0 Å². The van der Waals surface area contributed by atoms with Crippen LogP contribution in [0.15, 0.2) is 36.4 Å². The highest BCUT2D eigenvalue weighted by molar-refractivity contribution is 5.89. The lowest BCUT2D eigenvalue weighted by Gasteiger charge is -2.16. The number of halogens is 3. The molecule has 4 nitrogen and oxygen atoms in total. The molecule has 0 radical (unpaired) electrons.